The van der Waals surface area contributed by atoms with Gasteiger partial charge >= 0.3 is 5.69 Å². The molecular weight excluding hydrogens is 294 g/mol. The molecule has 1 aromatic carbocycles. The number of aryl methyl sites for hydroxylation is 1. The van der Waals surface area contributed by atoms with Crippen molar-refractivity contribution in [3.63, 3.8) is 0 Å². The van der Waals surface area contributed by atoms with E-state index in [1.807, 2.05) is 36.4 Å². The van der Waals surface area contributed by atoms with Crippen molar-refractivity contribution in [3.8, 4) is 0 Å². The third kappa shape index (κ3) is 3.49. The van der Waals surface area contributed by atoms with Crippen LogP contribution in [0, 0.1) is 0 Å². The Bertz CT molecular complexity index is 821. The van der Waals surface area contributed by atoms with Gasteiger partial charge in [0, 0.05) is 17.7 Å². The van der Waals surface area contributed by atoms with Gasteiger partial charge in [0.25, 0.3) is 0 Å². The summed E-state index contributed by atoms with van der Waals surface area (Å²) in [5, 5.41) is 4.31. The summed E-state index contributed by atoms with van der Waals surface area (Å²) in [6, 6.07) is 15.8. The summed E-state index contributed by atoms with van der Waals surface area (Å²) in [6.07, 6.45) is 6.01. The minimum absolute atomic E-state index is 0.0731. The number of hydrogen-bond acceptors (Lipinski definition) is 3. The molecular formula is C17H17N3OS. The van der Waals surface area contributed by atoms with Gasteiger partial charge in [0.15, 0.2) is 5.65 Å². The number of hydrogen-bond donors (Lipinski definition) is 0. The lowest BCUT2D eigenvalue weighted by atomic mass is 10.2. The van der Waals surface area contributed by atoms with Crippen molar-refractivity contribution >= 4 is 23.5 Å². The third-order valence-corrected chi connectivity index (χ3v) is 4.16. The summed E-state index contributed by atoms with van der Waals surface area (Å²) in [6.45, 7) is 0.629. The summed E-state index contributed by atoms with van der Waals surface area (Å²) in [7, 11) is 0. The minimum atomic E-state index is -0.0731. The molecule has 112 valence electrons. The standard InChI is InChI=1S/C17H17N3OS/c21-17-19-11-5-4-10-16(19)18-20(17)12-14-22-13-6-9-15-7-2-1-3-8-15/h1-11H,12-14H2/b9-6+. The molecule has 0 fully saturated rings. The molecule has 5 heteroatoms. The molecule has 2 heterocycles. The first-order valence-electron chi connectivity index (χ1n) is 7.18. The molecule has 0 spiro atoms. The molecule has 3 rings (SSSR count). The highest BCUT2D eigenvalue weighted by atomic mass is 32.2. The molecule has 0 aliphatic heterocycles. The number of benzene rings is 1. The second-order valence-electron chi connectivity index (χ2n) is 4.82. The van der Waals surface area contributed by atoms with Gasteiger partial charge in [-0.05, 0) is 17.7 Å². The fourth-order valence-electron chi connectivity index (χ4n) is 2.16. The third-order valence-electron chi connectivity index (χ3n) is 3.26. The fraction of sp³-hybridized carbons (Fsp3) is 0.176. The first-order chi connectivity index (χ1) is 10.8. The number of rotatable bonds is 6. The maximum atomic E-state index is 12.1. The monoisotopic (exact) mass is 311 g/mol. The first kappa shape index (κ1) is 14.7. The highest BCUT2D eigenvalue weighted by molar-refractivity contribution is 7.99. The summed E-state index contributed by atoms with van der Waals surface area (Å²) in [5.41, 5.74) is 1.83. The predicted molar refractivity (Wildman–Crippen MR) is 92.3 cm³/mol. The Morgan fingerprint density at radius 1 is 1.09 bits per heavy atom. The largest absolute Gasteiger partial charge is 0.350 e. The van der Waals surface area contributed by atoms with Crippen LogP contribution in [0.2, 0.25) is 0 Å². The van der Waals surface area contributed by atoms with Crippen LogP contribution in [0.3, 0.4) is 0 Å². The highest BCUT2D eigenvalue weighted by Gasteiger charge is 2.04. The molecule has 0 aliphatic rings. The number of nitrogens with zero attached hydrogens (tertiary/aromatic N) is 3. The van der Waals surface area contributed by atoms with Crippen LogP contribution in [-0.4, -0.2) is 25.7 Å². The van der Waals surface area contributed by atoms with Gasteiger partial charge in [-0.3, -0.25) is 4.40 Å². The predicted octanol–water partition coefficient (Wildman–Crippen LogP) is 2.94. The number of pyridine rings is 1. The van der Waals surface area contributed by atoms with E-state index in [9.17, 15) is 4.79 Å². The van der Waals surface area contributed by atoms with Crippen molar-refractivity contribution in [2.45, 2.75) is 6.54 Å². The Labute approximate surface area is 133 Å². The molecule has 0 atom stereocenters. The van der Waals surface area contributed by atoms with Gasteiger partial charge < -0.3 is 0 Å². The van der Waals surface area contributed by atoms with Crippen LogP contribution < -0.4 is 5.69 Å². The maximum Gasteiger partial charge on any atom is 0.350 e. The van der Waals surface area contributed by atoms with E-state index in [1.54, 1.807) is 22.4 Å². The van der Waals surface area contributed by atoms with Crippen molar-refractivity contribution < 1.29 is 0 Å². The average molecular weight is 311 g/mol. The summed E-state index contributed by atoms with van der Waals surface area (Å²) < 4.78 is 3.10. The van der Waals surface area contributed by atoms with Gasteiger partial charge in [0.1, 0.15) is 0 Å². The van der Waals surface area contributed by atoms with Crippen LogP contribution >= 0.6 is 11.8 Å². The second kappa shape index (κ2) is 7.13. The summed E-state index contributed by atoms with van der Waals surface area (Å²) in [4.78, 5) is 12.1. The Balaban J connectivity index is 1.49. The molecule has 0 radical (unpaired) electrons. The van der Waals surface area contributed by atoms with Crippen LogP contribution in [0.25, 0.3) is 11.7 Å². The Kier molecular flexibility index (Phi) is 4.75. The highest BCUT2D eigenvalue weighted by Crippen LogP contribution is 2.05. The zero-order valence-corrected chi connectivity index (χ0v) is 12.9. The van der Waals surface area contributed by atoms with Gasteiger partial charge in [0.2, 0.25) is 0 Å². The average Bonchev–Trinajstić information content (AvgIpc) is 2.88. The van der Waals surface area contributed by atoms with E-state index in [4.69, 9.17) is 0 Å². The zero-order chi connectivity index (χ0) is 15.2. The quantitative estimate of drug-likeness (QED) is 0.657. The van der Waals surface area contributed by atoms with Gasteiger partial charge in [-0.2, -0.15) is 11.8 Å². The molecule has 0 amide bonds. The molecule has 22 heavy (non-hydrogen) atoms. The molecule has 0 N–H and O–H groups in total. The molecule has 3 aromatic rings. The summed E-state index contributed by atoms with van der Waals surface area (Å²) in [5.74, 6) is 1.79. The molecule has 0 unspecified atom stereocenters. The number of thioether (sulfide) groups is 1. The Morgan fingerprint density at radius 3 is 2.73 bits per heavy atom. The van der Waals surface area contributed by atoms with Crippen molar-refractivity contribution in [1.82, 2.24) is 14.2 Å². The Hall–Kier alpha value is -2.27. The minimum Gasteiger partial charge on any atom is -0.250 e. The van der Waals surface area contributed by atoms with E-state index in [0.717, 1.165) is 11.5 Å². The molecule has 0 saturated carbocycles. The molecule has 2 aromatic heterocycles. The van der Waals surface area contributed by atoms with Gasteiger partial charge in [-0.25, -0.2) is 9.48 Å². The molecule has 4 nitrogen and oxygen atoms in total. The van der Waals surface area contributed by atoms with E-state index in [2.05, 4.69) is 29.4 Å². The van der Waals surface area contributed by atoms with Crippen LogP contribution in [0.4, 0.5) is 0 Å². The number of fused-ring (bicyclic) bond motifs is 1. The maximum absolute atomic E-state index is 12.1. The topological polar surface area (TPSA) is 39.3 Å². The zero-order valence-electron chi connectivity index (χ0n) is 12.1. The fourth-order valence-corrected chi connectivity index (χ4v) is 2.87. The van der Waals surface area contributed by atoms with E-state index < -0.39 is 0 Å². The van der Waals surface area contributed by atoms with Crippen LogP contribution in [0.15, 0.2) is 65.6 Å². The van der Waals surface area contributed by atoms with Gasteiger partial charge in [-0.1, -0.05) is 48.6 Å². The van der Waals surface area contributed by atoms with Crippen molar-refractivity contribution in [2.24, 2.45) is 0 Å². The van der Waals surface area contributed by atoms with E-state index in [0.29, 0.717) is 12.2 Å². The lowest BCUT2D eigenvalue weighted by molar-refractivity contribution is 0.640. The molecule has 0 aliphatic carbocycles. The SMILES string of the molecule is O=c1n(CCSC/C=C/c2ccccc2)nc2ccccn12. The van der Waals surface area contributed by atoms with Crippen LogP contribution in [-0.2, 0) is 6.54 Å². The normalized spacial score (nSPS) is 11.5. The van der Waals surface area contributed by atoms with Crippen LogP contribution in [0.1, 0.15) is 5.56 Å². The van der Waals surface area contributed by atoms with E-state index in [-0.39, 0.29) is 5.69 Å². The molecule has 0 bridgehead atoms. The lowest BCUT2D eigenvalue weighted by Gasteiger charge is -1.98. The van der Waals surface area contributed by atoms with Crippen LogP contribution in [0.5, 0.6) is 0 Å². The Morgan fingerprint density at radius 2 is 1.91 bits per heavy atom. The van der Waals surface area contributed by atoms with Crippen molar-refractivity contribution in [3.05, 3.63) is 76.9 Å². The second-order valence-corrected chi connectivity index (χ2v) is 5.97. The smallest absolute Gasteiger partial charge is 0.250 e. The van der Waals surface area contributed by atoms with E-state index >= 15 is 0 Å². The van der Waals surface area contributed by atoms with E-state index in [1.165, 1.54) is 10.2 Å². The lowest BCUT2D eigenvalue weighted by Crippen LogP contribution is -2.22. The van der Waals surface area contributed by atoms with Crippen molar-refractivity contribution in [2.75, 3.05) is 11.5 Å². The van der Waals surface area contributed by atoms with Gasteiger partial charge in [0.05, 0.1) is 6.54 Å². The van der Waals surface area contributed by atoms with Gasteiger partial charge in [-0.15, -0.1) is 5.10 Å². The number of aromatic nitrogens is 3. The molecule has 0 saturated heterocycles. The first-order valence-corrected chi connectivity index (χ1v) is 8.33. The van der Waals surface area contributed by atoms with Crippen molar-refractivity contribution in [1.29, 1.82) is 0 Å². The summed E-state index contributed by atoms with van der Waals surface area (Å²) >= 11 is 1.79.